The number of rotatable bonds is 6. The van der Waals surface area contributed by atoms with E-state index in [1.165, 1.54) is 6.07 Å². The fourth-order valence-corrected chi connectivity index (χ4v) is 2.12. The van der Waals surface area contributed by atoms with Crippen molar-refractivity contribution in [3.63, 3.8) is 0 Å². The number of anilines is 1. The summed E-state index contributed by atoms with van der Waals surface area (Å²) in [6, 6.07) is 3.55. The number of aryl methyl sites for hydroxylation is 2. The van der Waals surface area contributed by atoms with E-state index in [1.54, 1.807) is 0 Å². The molecule has 2 nitrogen and oxygen atoms in total. The van der Waals surface area contributed by atoms with Crippen LogP contribution >= 0.6 is 0 Å². The Bertz CT molecular complexity index is 793. The summed E-state index contributed by atoms with van der Waals surface area (Å²) >= 11 is 0. The summed E-state index contributed by atoms with van der Waals surface area (Å²) in [4.78, 5) is 11.5. The molecule has 1 aromatic rings. The fraction of sp³-hybridized carbons (Fsp3) is 0.533. The molecule has 0 aromatic heterocycles. The lowest BCUT2D eigenvalue weighted by molar-refractivity contribution is -0.435. The first kappa shape index (κ1) is 25.8. The third-order valence-corrected chi connectivity index (χ3v) is 3.94. The molecule has 0 spiro atoms. The number of benzene rings is 1. The lowest BCUT2D eigenvalue weighted by Gasteiger charge is -2.39. The Morgan fingerprint density at radius 2 is 1.03 bits per heavy atom. The average Bonchev–Trinajstić information content (AvgIpc) is 2.56. The number of hydrogen-bond acceptors (Lipinski definition) is 1. The van der Waals surface area contributed by atoms with Gasteiger partial charge in [0.05, 0.1) is 0 Å². The molecule has 0 fully saturated rings. The number of carbonyl (C=O) groups excluding carboxylic acids is 1. The Morgan fingerprint density at radius 3 is 1.40 bits per heavy atom. The average molecular weight is 467 g/mol. The molecule has 0 aliphatic rings. The van der Waals surface area contributed by atoms with E-state index in [0.29, 0.717) is 0 Å². The van der Waals surface area contributed by atoms with Crippen LogP contribution in [0.1, 0.15) is 11.1 Å². The molecule has 0 saturated carbocycles. The van der Waals surface area contributed by atoms with E-state index in [9.17, 15) is 61.9 Å². The summed E-state index contributed by atoms with van der Waals surface area (Å²) in [6.07, 6.45) is -7.51. The van der Waals surface area contributed by atoms with Gasteiger partial charge in [-0.15, -0.1) is 0 Å². The minimum absolute atomic E-state index is 0.0804. The summed E-state index contributed by atoms with van der Waals surface area (Å²) in [5, 5.41) is 1.06. The maximum Gasteiger partial charge on any atom is 0.460 e. The molecule has 30 heavy (non-hydrogen) atoms. The van der Waals surface area contributed by atoms with Gasteiger partial charge in [0.15, 0.2) is 0 Å². The van der Waals surface area contributed by atoms with E-state index in [-0.39, 0.29) is 11.1 Å². The van der Waals surface area contributed by atoms with Crippen LogP contribution in [0.15, 0.2) is 18.2 Å². The summed E-state index contributed by atoms with van der Waals surface area (Å²) in [5.74, 6) is -41.7. The van der Waals surface area contributed by atoms with Gasteiger partial charge >= 0.3 is 41.7 Å². The normalized spacial score (nSPS) is 14.6. The summed E-state index contributed by atoms with van der Waals surface area (Å²) in [5.41, 5.74) is -0.792. The van der Waals surface area contributed by atoms with Crippen molar-refractivity contribution in [3.05, 3.63) is 29.3 Å². The Balaban J connectivity index is 3.46. The van der Waals surface area contributed by atoms with Crippen molar-refractivity contribution in [1.82, 2.24) is 0 Å². The van der Waals surface area contributed by atoms with Gasteiger partial charge in [-0.2, -0.15) is 57.1 Å². The molecular weight excluding hydrogens is 457 g/mol. The molecule has 0 aliphatic carbocycles. The SMILES string of the molecule is Cc1cccc(C)c1NC(=O)C(F)(F)C(F)(F)C(F)(F)C(F)(F)C(F)(F)C(F)(F)F. The van der Waals surface area contributed by atoms with Crippen molar-refractivity contribution < 1.29 is 61.9 Å². The highest BCUT2D eigenvalue weighted by atomic mass is 19.4. The first-order valence-corrected chi connectivity index (χ1v) is 7.40. The second-order valence-corrected chi connectivity index (χ2v) is 6.09. The number of alkyl halides is 13. The van der Waals surface area contributed by atoms with Gasteiger partial charge in [-0.05, 0) is 25.0 Å². The van der Waals surface area contributed by atoms with Crippen LogP contribution in [0.5, 0.6) is 0 Å². The van der Waals surface area contributed by atoms with Gasteiger partial charge in [0.1, 0.15) is 0 Å². The zero-order chi connectivity index (χ0) is 24.1. The van der Waals surface area contributed by atoms with E-state index < -0.39 is 47.4 Å². The monoisotopic (exact) mass is 467 g/mol. The number of amides is 1. The molecular formula is C15H10F13NO. The van der Waals surface area contributed by atoms with Gasteiger partial charge in [-0.1, -0.05) is 18.2 Å². The smallest absolute Gasteiger partial charge is 0.320 e. The Labute approximate surface area is 159 Å². The highest BCUT2D eigenvalue weighted by Gasteiger charge is 2.91. The van der Waals surface area contributed by atoms with E-state index in [1.807, 2.05) is 0 Å². The van der Waals surface area contributed by atoms with Gasteiger partial charge in [0.25, 0.3) is 0 Å². The molecule has 1 N–H and O–H groups in total. The van der Waals surface area contributed by atoms with Crippen molar-refractivity contribution in [2.45, 2.75) is 49.6 Å². The summed E-state index contributed by atoms with van der Waals surface area (Å²) in [7, 11) is 0. The van der Waals surface area contributed by atoms with Gasteiger partial charge in [0, 0.05) is 5.69 Å². The van der Waals surface area contributed by atoms with E-state index in [4.69, 9.17) is 0 Å². The zero-order valence-electron chi connectivity index (χ0n) is 14.6. The highest BCUT2D eigenvalue weighted by Crippen LogP contribution is 2.60. The van der Waals surface area contributed by atoms with E-state index in [0.717, 1.165) is 31.3 Å². The highest BCUT2D eigenvalue weighted by molar-refractivity contribution is 5.98. The minimum Gasteiger partial charge on any atom is -0.320 e. The van der Waals surface area contributed by atoms with E-state index in [2.05, 4.69) is 0 Å². The number of nitrogens with one attached hydrogen (secondary N) is 1. The van der Waals surface area contributed by atoms with Crippen molar-refractivity contribution in [1.29, 1.82) is 0 Å². The predicted octanol–water partition coefficient (Wildman–Crippen LogP) is 5.98. The number of para-hydroxylation sites is 1. The fourth-order valence-electron chi connectivity index (χ4n) is 2.12. The van der Waals surface area contributed by atoms with Crippen LogP contribution < -0.4 is 5.32 Å². The molecule has 0 heterocycles. The quantitative estimate of drug-likeness (QED) is 0.513. The molecule has 1 amide bonds. The molecule has 1 rings (SSSR count). The van der Waals surface area contributed by atoms with Crippen LogP contribution in [-0.2, 0) is 4.79 Å². The standard InChI is InChI=1S/C15H10F13NO/c1-6-4-3-5-7(2)8(6)29-9(30)10(16,17)11(18,19)12(20,21)13(22,23)14(24,25)15(26,27)28/h3-5H,1-2H3,(H,29,30). The summed E-state index contributed by atoms with van der Waals surface area (Å²) < 4.78 is 169. The Hall–Kier alpha value is -2.22. The zero-order valence-corrected chi connectivity index (χ0v) is 14.6. The third-order valence-electron chi connectivity index (χ3n) is 3.94. The Kier molecular flexibility index (Phi) is 6.18. The number of halogens is 13. The van der Waals surface area contributed by atoms with Crippen LogP contribution in [-0.4, -0.2) is 41.7 Å². The van der Waals surface area contributed by atoms with Gasteiger partial charge in [-0.25, -0.2) is 0 Å². The van der Waals surface area contributed by atoms with Gasteiger partial charge < -0.3 is 5.32 Å². The first-order chi connectivity index (χ1) is 13.1. The van der Waals surface area contributed by atoms with Crippen LogP contribution in [0.2, 0.25) is 0 Å². The maximum absolute atomic E-state index is 13.8. The minimum atomic E-state index is -8.05. The van der Waals surface area contributed by atoms with Crippen molar-refractivity contribution in [3.8, 4) is 0 Å². The molecule has 0 atom stereocenters. The molecule has 0 radical (unpaired) electrons. The molecule has 0 saturated heterocycles. The van der Waals surface area contributed by atoms with Gasteiger partial charge in [0.2, 0.25) is 0 Å². The molecule has 0 aliphatic heterocycles. The molecule has 15 heteroatoms. The Morgan fingerprint density at radius 1 is 0.667 bits per heavy atom. The maximum atomic E-state index is 13.8. The largest absolute Gasteiger partial charge is 0.460 e. The van der Waals surface area contributed by atoms with Crippen LogP contribution in [0.25, 0.3) is 0 Å². The molecule has 1 aromatic carbocycles. The lowest BCUT2D eigenvalue weighted by atomic mass is 9.93. The van der Waals surface area contributed by atoms with E-state index >= 15 is 0 Å². The second kappa shape index (κ2) is 7.18. The van der Waals surface area contributed by atoms with Crippen LogP contribution in [0.4, 0.5) is 62.8 Å². The molecule has 172 valence electrons. The number of hydrogen-bond donors (Lipinski definition) is 1. The number of carbonyl (C=O) groups is 1. The van der Waals surface area contributed by atoms with Crippen molar-refractivity contribution >= 4 is 11.6 Å². The van der Waals surface area contributed by atoms with Gasteiger partial charge in [-0.3, -0.25) is 4.79 Å². The second-order valence-electron chi connectivity index (χ2n) is 6.09. The van der Waals surface area contributed by atoms with Crippen molar-refractivity contribution in [2.75, 3.05) is 5.32 Å². The predicted molar refractivity (Wildman–Crippen MR) is 75.3 cm³/mol. The molecule has 0 unspecified atom stereocenters. The summed E-state index contributed by atoms with van der Waals surface area (Å²) in [6.45, 7) is 2.26. The molecule has 0 bridgehead atoms. The van der Waals surface area contributed by atoms with Crippen LogP contribution in [0, 0.1) is 13.8 Å². The third kappa shape index (κ3) is 3.55. The lowest BCUT2D eigenvalue weighted by Crippen LogP contribution is -2.71. The van der Waals surface area contributed by atoms with Crippen LogP contribution in [0.3, 0.4) is 0 Å². The topological polar surface area (TPSA) is 29.1 Å². The first-order valence-electron chi connectivity index (χ1n) is 7.40. The van der Waals surface area contributed by atoms with Crippen molar-refractivity contribution in [2.24, 2.45) is 0 Å².